The number of benzene rings is 2. The lowest BCUT2D eigenvalue weighted by atomic mass is 9.82. The predicted molar refractivity (Wildman–Crippen MR) is 138 cm³/mol. The van der Waals surface area contributed by atoms with Gasteiger partial charge in [-0.2, -0.15) is 5.10 Å². The van der Waals surface area contributed by atoms with E-state index in [2.05, 4.69) is 4.98 Å². The van der Waals surface area contributed by atoms with E-state index >= 15 is 4.39 Å². The third-order valence-corrected chi connectivity index (χ3v) is 8.45. The molecule has 1 aliphatic heterocycles. The minimum atomic E-state index is -0.829. The number of amides is 1. The van der Waals surface area contributed by atoms with E-state index in [9.17, 15) is 9.90 Å². The molecule has 0 atom stereocenters. The summed E-state index contributed by atoms with van der Waals surface area (Å²) in [6.07, 6.45) is 7.84. The molecule has 1 amide bonds. The molecule has 0 spiro atoms. The van der Waals surface area contributed by atoms with Gasteiger partial charge in [-0.15, -0.1) is 0 Å². The van der Waals surface area contributed by atoms with Crippen molar-refractivity contribution in [2.75, 3.05) is 0 Å². The third-order valence-electron chi connectivity index (χ3n) is 8.45. The number of aryl methyl sites for hydroxylation is 2. The number of aromatic nitrogens is 3. The van der Waals surface area contributed by atoms with Gasteiger partial charge in [-0.1, -0.05) is 18.2 Å². The molecule has 2 saturated carbocycles. The molecule has 7 heteroatoms. The summed E-state index contributed by atoms with van der Waals surface area (Å²) in [7, 11) is 1.88. The second-order valence-corrected chi connectivity index (χ2v) is 11.0. The Bertz CT molecular complexity index is 1550. The number of pyridine rings is 1. The summed E-state index contributed by atoms with van der Waals surface area (Å²) in [6, 6.07) is 11.1. The lowest BCUT2D eigenvalue weighted by Gasteiger charge is -2.29. The topological polar surface area (TPSA) is 71.2 Å². The standard InChI is InChI=1S/C30H29FN4O2/c1-17-12-18(13-26(31)23(17)15-35-16-27-22(29(35)36)4-3-11-32-27)21-9-10-25(28-24(21)14-34(2)33-28)30(37,19-5-6-19)20-7-8-20/h3-4,9-14,19-20,37H,5-8,15-16H2,1-2H3. The van der Waals surface area contributed by atoms with Crippen molar-refractivity contribution in [1.29, 1.82) is 0 Å². The largest absolute Gasteiger partial charge is 0.385 e. The van der Waals surface area contributed by atoms with Gasteiger partial charge < -0.3 is 10.0 Å². The van der Waals surface area contributed by atoms with Crippen molar-refractivity contribution in [3.05, 3.63) is 82.6 Å². The zero-order valence-corrected chi connectivity index (χ0v) is 21.0. The SMILES string of the molecule is Cc1cc(-c2ccc(C(O)(C3CC3)C3CC3)c3nn(C)cc23)cc(F)c1CN1Cc2ncccc2C1=O. The van der Waals surface area contributed by atoms with Gasteiger partial charge in [0.1, 0.15) is 5.82 Å². The molecule has 4 aromatic rings. The van der Waals surface area contributed by atoms with Crippen LogP contribution in [0.3, 0.4) is 0 Å². The van der Waals surface area contributed by atoms with Crippen LogP contribution >= 0.6 is 0 Å². The number of rotatable bonds is 6. The highest BCUT2D eigenvalue weighted by atomic mass is 19.1. The number of carbonyl (C=O) groups excluding carboxylic acids is 1. The Morgan fingerprint density at radius 1 is 1.11 bits per heavy atom. The van der Waals surface area contributed by atoms with Crippen LogP contribution in [0.2, 0.25) is 0 Å². The monoisotopic (exact) mass is 496 g/mol. The van der Waals surface area contributed by atoms with Crippen molar-refractivity contribution < 1.29 is 14.3 Å². The van der Waals surface area contributed by atoms with Gasteiger partial charge in [0.15, 0.2) is 0 Å². The first-order chi connectivity index (χ1) is 17.8. The van der Waals surface area contributed by atoms with Gasteiger partial charge >= 0.3 is 0 Å². The normalized spacial score (nSPS) is 17.6. The molecule has 2 aromatic heterocycles. The maximum Gasteiger partial charge on any atom is 0.256 e. The first-order valence-electron chi connectivity index (χ1n) is 13.1. The quantitative estimate of drug-likeness (QED) is 0.396. The van der Waals surface area contributed by atoms with Gasteiger partial charge in [-0.05, 0) is 79.3 Å². The fourth-order valence-electron chi connectivity index (χ4n) is 6.24. The van der Waals surface area contributed by atoms with Gasteiger partial charge in [-0.3, -0.25) is 14.5 Å². The summed E-state index contributed by atoms with van der Waals surface area (Å²) < 4.78 is 17.4. The molecule has 0 saturated heterocycles. The lowest BCUT2D eigenvalue weighted by molar-refractivity contribution is -0.00894. The highest BCUT2D eigenvalue weighted by molar-refractivity contribution is 5.98. The fraction of sp³-hybridized carbons (Fsp3) is 0.367. The summed E-state index contributed by atoms with van der Waals surface area (Å²) in [5.74, 6) is 0.145. The number of hydrogen-bond acceptors (Lipinski definition) is 4. The molecule has 2 aromatic carbocycles. The number of carbonyl (C=O) groups is 1. The Labute approximate surface area is 214 Å². The number of nitrogens with zero attached hydrogens (tertiary/aromatic N) is 4. The maximum absolute atomic E-state index is 15.6. The van der Waals surface area contributed by atoms with Crippen molar-refractivity contribution >= 4 is 16.8 Å². The first kappa shape index (κ1) is 22.6. The molecule has 188 valence electrons. The Balaban J connectivity index is 1.26. The van der Waals surface area contributed by atoms with Gasteiger partial charge in [-0.25, -0.2) is 4.39 Å². The van der Waals surface area contributed by atoms with Crippen molar-refractivity contribution in [1.82, 2.24) is 19.7 Å². The number of fused-ring (bicyclic) bond motifs is 2. The van der Waals surface area contributed by atoms with E-state index in [1.54, 1.807) is 34.0 Å². The summed E-state index contributed by atoms with van der Waals surface area (Å²) in [5.41, 5.74) is 5.17. The molecule has 6 nitrogen and oxygen atoms in total. The van der Waals surface area contributed by atoms with E-state index in [0.717, 1.165) is 64.5 Å². The van der Waals surface area contributed by atoms with Gasteiger partial charge in [0.2, 0.25) is 0 Å². The zero-order chi connectivity index (χ0) is 25.5. The summed E-state index contributed by atoms with van der Waals surface area (Å²) in [4.78, 5) is 18.8. The second-order valence-electron chi connectivity index (χ2n) is 11.0. The van der Waals surface area contributed by atoms with E-state index in [-0.39, 0.29) is 18.3 Å². The van der Waals surface area contributed by atoms with E-state index in [4.69, 9.17) is 5.10 Å². The van der Waals surface area contributed by atoms with Crippen LogP contribution in [0.25, 0.3) is 22.0 Å². The van der Waals surface area contributed by atoms with Crippen molar-refractivity contribution in [3.63, 3.8) is 0 Å². The predicted octanol–water partition coefficient (Wildman–Crippen LogP) is 5.25. The van der Waals surface area contributed by atoms with Crippen LogP contribution in [0.1, 0.15) is 58.4 Å². The second kappa shape index (κ2) is 7.96. The molecular weight excluding hydrogens is 467 g/mol. The average Bonchev–Trinajstić information content (AvgIpc) is 3.80. The van der Waals surface area contributed by atoms with Crippen LogP contribution < -0.4 is 0 Å². The molecule has 3 aliphatic rings. The minimum Gasteiger partial charge on any atom is -0.385 e. The molecule has 1 N–H and O–H groups in total. The number of aliphatic hydroxyl groups is 1. The highest BCUT2D eigenvalue weighted by Crippen LogP contribution is 2.58. The Kier molecular flexibility index (Phi) is 4.86. The molecular formula is C30H29FN4O2. The van der Waals surface area contributed by atoms with Crippen molar-refractivity contribution in [2.45, 2.75) is 51.3 Å². The van der Waals surface area contributed by atoms with Crippen LogP contribution in [0.5, 0.6) is 0 Å². The first-order valence-corrected chi connectivity index (χ1v) is 13.1. The zero-order valence-electron chi connectivity index (χ0n) is 21.0. The van der Waals surface area contributed by atoms with Crippen molar-refractivity contribution in [2.24, 2.45) is 18.9 Å². The molecule has 0 unspecified atom stereocenters. The summed E-state index contributed by atoms with van der Waals surface area (Å²) in [6.45, 7) is 2.48. The fourth-order valence-corrected chi connectivity index (χ4v) is 6.24. The summed E-state index contributed by atoms with van der Waals surface area (Å²) in [5, 5.41) is 17.5. The Hall–Kier alpha value is -3.58. The molecule has 0 bridgehead atoms. The summed E-state index contributed by atoms with van der Waals surface area (Å²) >= 11 is 0. The van der Waals surface area contributed by atoms with Crippen LogP contribution in [-0.2, 0) is 25.7 Å². The van der Waals surface area contributed by atoms with E-state index in [1.165, 1.54) is 0 Å². The van der Waals surface area contributed by atoms with Crippen LogP contribution in [0.15, 0.2) is 48.8 Å². The smallest absolute Gasteiger partial charge is 0.256 e. The Morgan fingerprint density at radius 2 is 1.86 bits per heavy atom. The molecule has 3 heterocycles. The molecule has 0 radical (unpaired) electrons. The van der Waals surface area contributed by atoms with Gasteiger partial charge in [0.25, 0.3) is 5.91 Å². The lowest BCUT2D eigenvalue weighted by Crippen LogP contribution is -2.31. The van der Waals surface area contributed by atoms with E-state index < -0.39 is 5.60 Å². The average molecular weight is 497 g/mol. The maximum atomic E-state index is 15.6. The molecule has 37 heavy (non-hydrogen) atoms. The van der Waals surface area contributed by atoms with Crippen LogP contribution in [-0.4, -0.2) is 30.7 Å². The van der Waals surface area contributed by atoms with Crippen molar-refractivity contribution in [3.8, 4) is 11.1 Å². The van der Waals surface area contributed by atoms with Crippen LogP contribution in [0, 0.1) is 24.6 Å². The Morgan fingerprint density at radius 3 is 2.54 bits per heavy atom. The molecule has 2 aliphatic carbocycles. The van der Waals surface area contributed by atoms with E-state index in [1.807, 2.05) is 38.4 Å². The number of halogens is 1. The highest BCUT2D eigenvalue weighted by Gasteiger charge is 2.55. The molecule has 7 rings (SSSR count). The molecule has 2 fully saturated rings. The number of hydrogen-bond donors (Lipinski definition) is 1. The van der Waals surface area contributed by atoms with Crippen LogP contribution in [0.4, 0.5) is 4.39 Å². The third kappa shape index (κ3) is 3.51. The minimum absolute atomic E-state index is 0.113. The van der Waals surface area contributed by atoms with Gasteiger partial charge in [0.05, 0.1) is 28.9 Å². The van der Waals surface area contributed by atoms with E-state index in [0.29, 0.717) is 29.5 Å². The van der Waals surface area contributed by atoms with Gasteiger partial charge in [0, 0.05) is 42.5 Å².